The van der Waals surface area contributed by atoms with Gasteiger partial charge in [-0.05, 0) is 62.6 Å². The fourth-order valence-electron chi connectivity index (χ4n) is 4.32. The lowest BCUT2D eigenvalue weighted by molar-refractivity contribution is -0.120. The highest BCUT2D eigenvalue weighted by Crippen LogP contribution is 2.37. The van der Waals surface area contributed by atoms with Crippen LogP contribution in [-0.2, 0) is 4.79 Å². The van der Waals surface area contributed by atoms with Crippen LogP contribution in [0.4, 0.5) is 10.1 Å². The number of nitrogens with zero attached hydrogens (tertiary/aromatic N) is 3. The maximum Gasteiger partial charge on any atom is 0.227 e. The fraction of sp³-hybridized carbons (Fsp3) is 0.261. The van der Waals surface area contributed by atoms with Crippen LogP contribution in [0.5, 0.6) is 0 Å². The average molecular weight is 439 g/mol. The highest BCUT2D eigenvalue weighted by Gasteiger charge is 2.33. The van der Waals surface area contributed by atoms with E-state index in [-0.39, 0.29) is 17.0 Å². The first-order valence-corrected chi connectivity index (χ1v) is 10.5. The van der Waals surface area contributed by atoms with Crippen LogP contribution in [0.25, 0.3) is 22.2 Å². The minimum atomic E-state index is -0.551. The quantitative estimate of drug-likeness (QED) is 0.433. The number of fused-ring (bicyclic) bond motifs is 1. The van der Waals surface area contributed by atoms with Crippen LogP contribution in [0, 0.1) is 19.7 Å². The lowest BCUT2D eigenvalue weighted by Gasteiger charge is -2.34. The molecule has 2 aromatic carbocycles. The van der Waals surface area contributed by atoms with Crippen molar-refractivity contribution < 1.29 is 13.7 Å². The number of rotatable bonds is 3. The van der Waals surface area contributed by atoms with Gasteiger partial charge in [0.05, 0.1) is 27.8 Å². The Labute approximate surface area is 183 Å². The zero-order valence-electron chi connectivity index (χ0n) is 17.1. The van der Waals surface area contributed by atoms with Gasteiger partial charge >= 0.3 is 0 Å². The highest BCUT2D eigenvalue weighted by atomic mass is 35.5. The van der Waals surface area contributed by atoms with Crippen LogP contribution in [0.1, 0.15) is 42.6 Å². The van der Waals surface area contributed by atoms with Gasteiger partial charge in [0.15, 0.2) is 0 Å². The van der Waals surface area contributed by atoms with Crippen molar-refractivity contribution in [1.82, 2.24) is 15.1 Å². The van der Waals surface area contributed by atoms with E-state index in [0.29, 0.717) is 17.9 Å². The summed E-state index contributed by atoms with van der Waals surface area (Å²) in [6.07, 6.45) is 1.89. The van der Waals surface area contributed by atoms with Gasteiger partial charge in [-0.3, -0.25) is 4.79 Å². The number of anilines is 1. The second-order valence-electron chi connectivity index (χ2n) is 7.82. The Kier molecular flexibility index (Phi) is 4.78. The molecule has 1 aliphatic rings. The van der Waals surface area contributed by atoms with Crippen LogP contribution in [0.15, 0.2) is 40.9 Å². The van der Waals surface area contributed by atoms with Crippen molar-refractivity contribution in [3.05, 3.63) is 64.5 Å². The Balaban J connectivity index is 1.56. The molecule has 3 heterocycles. The van der Waals surface area contributed by atoms with Crippen molar-refractivity contribution in [2.24, 2.45) is 0 Å². The molecule has 158 valence electrons. The molecule has 0 unspecified atom stereocenters. The van der Waals surface area contributed by atoms with Crippen LogP contribution in [-0.4, -0.2) is 21.0 Å². The summed E-state index contributed by atoms with van der Waals surface area (Å²) in [6.45, 7) is 3.79. The number of hydrogen-bond donors (Lipinski definition) is 1. The maximum absolute atomic E-state index is 14.1. The summed E-state index contributed by atoms with van der Waals surface area (Å²) >= 11 is 5.83. The highest BCUT2D eigenvalue weighted by molar-refractivity contribution is 6.30. The van der Waals surface area contributed by atoms with E-state index in [0.717, 1.165) is 46.5 Å². The molecule has 31 heavy (non-hydrogen) atoms. The number of aromatic nitrogens is 3. The number of H-pyrrole nitrogens is 1. The summed E-state index contributed by atoms with van der Waals surface area (Å²) in [5.74, 6) is 0.815. The maximum atomic E-state index is 14.1. The molecule has 8 heteroatoms. The predicted octanol–water partition coefficient (Wildman–Crippen LogP) is 5.89. The number of piperidine rings is 1. The molecular weight excluding hydrogens is 419 g/mol. The molecule has 0 saturated carbocycles. The topological polar surface area (TPSA) is 75.0 Å². The second-order valence-corrected chi connectivity index (χ2v) is 8.23. The Morgan fingerprint density at radius 1 is 1.23 bits per heavy atom. The standard InChI is InChI=1S/C23H20ClFN4O2/c1-12-22(13(2)31-28-12)14-6-9-18-19(10-14)27-23(26-18)20-4-3-5-21(30)29(20)15-7-8-16(24)17(25)11-15/h6-11,20H,3-5H2,1-2H3,(H,26,27)/t20-/m0/s1. The first-order valence-electron chi connectivity index (χ1n) is 10.1. The third-order valence-electron chi connectivity index (χ3n) is 5.77. The monoisotopic (exact) mass is 438 g/mol. The van der Waals surface area contributed by atoms with E-state index >= 15 is 0 Å². The molecule has 1 amide bonds. The number of nitrogens with one attached hydrogen (secondary N) is 1. The normalized spacial score (nSPS) is 17.0. The lowest BCUT2D eigenvalue weighted by atomic mass is 10.00. The molecule has 2 aromatic heterocycles. The van der Waals surface area contributed by atoms with Crippen molar-refractivity contribution in [2.45, 2.75) is 39.2 Å². The summed E-state index contributed by atoms with van der Waals surface area (Å²) in [6, 6.07) is 10.1. The first kappa shape index (κ1) is 19.8. The number of benzene rings is 2. The van der Waals surface area contributed by atoms with Gasteiger partial charge in [-0.15, -0.1) is 0 Å². The number of imidazole rings is 1. The minimum absolute atomic E-state index is 0.0281. The Morgan fingerprint density at radius 2 is 2.06 bits per heavy atom. The molecule has 1 saturated heterocycles. The zero-order valence-corrected chi connectivity index (χ0v) is 17.8. The summed E-state index contributed by atoms with van der Waals surface area (Å²) in [5.41, 5.74) is 4.88. The van der Waals surface area contributed by atoms with E-state index in [4.69, 9.17) is 21.1 Å². The smallest absolute Gasteiger partial charge is 0.227 e. The number of amides is 1. The van der Waals surface area contributed by atoms with Gasteiger partial charge in [-0.25, -0.2) is 9.37 Å². The van der Waals surface area contributed by atoms with Gasteiger partial charge < -0.3 is 14.4 Å². The summed E-state index contributed by atoms with van der Waals surface area (Å²) in [7, 11) is 0. The van der Waals surface area contributed by atoms with E-state index in [2.05, 4.69) is 10.1 Å². The van der Waals surface area contributed by atoms with E-state index in [1.807, 2.05) is 32.0 Å². The number of hydrogen-bond acceptors (Lipinski definition) is 4. The number of halogens is 2. The minimum Gasteiger partial charge on any atom is -0.361 e. The molecule has 0 spiro atoms. The van der Waals surface area contributed by atoms with Crippen LogP contribution in [0.2, 0.25) is 5.02 Å². The molecule has 1 atom stereocenters. The molecule has 1 N–H and O–H groups in total. The van der Waals surface area contributed by atoms with Gasteiger partial charge in [0.25, 0.3) is 0 Å². The average Bonchev–Trinajstić information content (AvgIpc) is 3.32. The third-order valence-corrected chi connectivity index (χ3v) is 6.08. The lowest BCUT2D eigenvalue weighted by Crippen LogP contribution is -2.38. The Morgan fingerprint density at radius 3 is 2.81 bits per heavy atom. The molecular formula is C23H20ClFN4O2. The SMILES string of the molecule is Cc1noc(C)c1-c1ccc2[nH]c([C@@H]3CCCC(=O)N3c3ccc(Cl)c(F)c3)nc2c1. The van der Waals surface area contributed by atoms with Crippen LogP contribution in [0.3, 0.4) is 0 Å². The molecule has 1 aliphatic heterocycles. The molecule has 4 aromatic rings. The molecule has 1 fully saturated rings. The fourth-order valence-corrected chi connectivity index (χ4v) is 4.44. The van der Waals surface area contributed by atoms with Gasteiger partial charge in [0.1, 0.15) is 17.4 Å². The van der Waals surface area contributed by atoms with Crippen molar-refractivity contribution >= 4 is 34.2 Å². The number of aromatic amines is 1. The summed E-state index contributed by atoms with van der Waals surface area (Å²) < 4.78 is 19.4. The van der Waals surface area contributed by atoms with Crippen LogP contribution < -0.4 is 4.90 Å². The molecule has 6 nitrogen and oxygen atoms in total. The van der Waals surface area contributed by atoms with Crippen molar-refractivity contribution in [3.63, 3.8) is 0 Å². The van der Waals surface area contributed by atoms with Crippen molar-refractivity contribution in [2.75, 3.05) is 4.90 Å². The molecule has 0 radical (unpaired) electrons. The van der Waals surface area contributed by atoms with E-state index in [9.17, 15) is 9.18 Å². The molecule has 0 bridgehead atoms. The van der Waals surface area contributed by atoms with Crippen molar-refractivity contribution in [1.29, 1.82) is 0 Å². The van der Waals surface area contributed by atoms with Crippen LogP contribution >= 0.6 is 11.6 Å². The first-order chi connectivity index (χ1) is 14.9. The van der Waals surface area contributed by atoms with E-state index < -0.39 is 5.82 Å². The summed E-state index contributed by atoms with van der Waals surface area (Å²) in [5, 5.41) is 4.06. The Hall–Kier alpha value is -3.19. The Bertz CT molecular complexity index is 1290. The third kappa shape index (κ3) is 3.39. The van der Waals surface area contributed by atoms with Gasteiger partial charge in [-0.1, -0.05) is 22.8 Å². The zero-order chi connectivity index (χ0) is 21.7. The van der Waals surface area contributed by atoms with E-state index in [1.165, 1.54) is 12.1 Å². The van der Waals surface area contributed by atoms with Gasteiger partial charge in [0.2, 0.25) is 5.91 Å². The largest absolute Gasteiger partial charge is 0.361 e. The molecule has 0 aliphatic carbocycles. The van der Waals surface area contributed by atoms with Crippen molar-refractivity contribution in [3.8, 4) is 11.1 Å². The second kappa shape index (κ2) is 7.50. The number of aryl methyl sites for hydroxylation is 2. The predicted molar refractivity (Wildman–Crippen MR) is 117 cm³/mol. The number of carbonyl (C=O) groups is 1. The number of carbonyl (C=O) groups excluding carboxylic acids is 1. The summed E-state index contributed by atoms with van der Waals surface area (Å²) in [4.78, 5) is 22.6. The van der Waals surface area contributed by atoms with E-state index in [1.54, 1.807) is 11.0 Å². The van der Waals surface area contributed by atoms with Gasteiger partial charge in [-0.2, -0.15) is 0 Å². The molecule has 5 rings (SSSR count). The van der Waals surface area contributed by atoms with Gasteiger partial charge in [0, 0.05) is 17.7 Å².